The first-order valence-corrected chi connectivity index (χ1v) is 8.41. The third-order valence-corrected chi connectivity index (χ3v) is 4.73. The minimum Gasteiger partial charge on any atom is -0.328 e. The van der Waals surface area contributed by atoms with Crippen molar-refractivity contribution in [2.24, 2.45) is 0 Å². The van der Waals surface area contributed by atoms with Crippen LogP contribution in [-0.2, 0) is 6.54 Å². The van der Waals surface area contributed by atoms with Crippen molar-refractivity contribution in [1.82, 2.24) is 15.1 Å². The molecule has 2 aromatic carbocycles. The zero-order chi connectivity index (χ0) is 16.4. The Bertz CT molecular complexity index is 835. The highest BCUT2D eigenvalue weighted by Crippen LogP contribution is 2.16. The predicted octanol–water partition coefficient (Wildman–Crippen LogP) is 1.10. The largest absolute Gasteiger partial charge is 0.328 e. The topological polar surface area (TPSA) is 53.4 Å². The number of carbonyl (C=O) groups excluding carboxylic acids is 1. The van der Waals surface area contributed by atoms with E-state index < -0.39 is 0 Å². The maximum Gasteiger partial charge on any atom is 0.275 e. The molecule has 1 aliphatic rings. The Hall–Kier alpha value is -2.66. The van der Waals surface area contributed by atoms with Crippen LogP contribution in [0, 0.1) is 0 Å². The summed E-state index contributed by atoms with van der Waals surface area (Å²) in [6.45, 7) is 4.53. The summed E-state index contributed by atoms with van der Waals surface area (Å²) in [6.07, 6.45) is 0. The number of hydrogen-bond donors (Lipinski definition) is 2. The van der Waals surface area contributed by atoms with E-state index >= 15 is 0 Å². The van der Waals surface area contributed by atoms with E-state index in [2.05, 4.69) is 34.5 Å². The van der Waals surface area contributed by atoms with Gasteiger partial charge in [0.15, 0.2) is 5.69 Å². The van der Waals surface area contributed by atoms with Gasteiger partial charge in [0.25, 0.3) is 5.91 Å². The fourth-order valence-corrected chi connectivity index (χ4v) is 3.36. The van der Waals surface area contributed by atoms with Crippen LogP contribution in [0.4, 0.5) is 0 Å². The number of rotatable bonds is 3. The van der Waals surface area contributed by atoms with Crippen molar-refractivity contribution in [2.45, 2.75) is 6.54 Å². The van der Waals surface area contributed by atoms with Crippen molar-refractivity contribution in [3.8, 4) is 0 Å². The zero-order valence-electron chi connectivity index (χ0n) is 13.5. The Morgan fingerprint density at radius 3 is 2.54 bits per heavy atom. The molecule has 5 nitrogen and oxygen atoms in total. The second-order valence-corrected chi connectivity index (χ2v) is 6.32. The molecule has 3 aromatic rings. The molecule has 1 aliphatic heterocycles. The van der Waals surface area contributed by atoms with Gasteiger partial charge in [-0.1, -0.05) is 48.5 Å². The normalized spacial score (nSPS) is 15.8. The number of piperazine rings is 1. The number of nitrogens with zero attached hydrogens (tertiary/aromatic N) is 2. The quantitative estimate of drug-likeness (QED) is 0.759. The Kier molecular flexibility index (Phi) is 4.01. The van der Waals surface area contributed by atoms with Crippen LogP contribution in [0.2, 0.25) is 0 Å². The molecule has 1 aromatic heterocycles. The molecule has 2 N–H and O–H groups in total. The molecule has 0 saturated carbocycles. The number of hydrogen-bond acceptors (Lipinski definition) is 2. The number of benzene rings is 2. The molecule has 0 bridgehead atoms. The van der Waals surface area contributed by atoms with Crippen LogP contribution in [-0.4, -0.2) is 47.2 Å². The predicted molar refractivity (Wildman–Crippen MR) is 92.8 cm³/mol. The van der Waals surface area contributed by atoms with Gasteiger partial charge in [-0.2, -0.15) is 5.10 Å². The van der Waals surface area contributed by atoms with E-state index in [0.29, 0.717) is 5.69 Å². The number of nitrogens with one attached hydrogen (secondary N) is 2. The molecular formula is C19H21N4O+. The van der Waals surface area contributed by atoms with Gasteiger partial charge in [0, 0.05) is 10.9 Å². The van der Waals surface area contributed by atoms with Crippen molar-refractivity contribution >= 4 is 16.8 Å². The van der Waals surface area contributed by atoms with E-state index in [0.717, 1.165) is 43.6 Å². The zero-order valence-corrected chi connectivity index (χ0v) is 13.5. The van der Waals surface area contributed by atoms with E-state index in [9.17, 15) is 4.79 Å². The van der Waals surface area contributed by atoms with Gasteiger partial charge in [0.1, 0.15) is 6.54 Å². The lowest BCUT2D eigenvalue weighted by molar-refractivity contribution is -0.917. The van der Waals surface area contributed by atoms with Crippen LogP contribution < -0.4 is 4.90 Å². The summed E-state index contributed by atoms with van der Waals surface area (Å²) in [6, 6.07) is 18.3. The molecule has 122 valence electrons. The highest BCUT2D eigenvalue weighted by atomic mass is 16.2. The van der Waals surface area contributed by atoms with Crippen molar-refractivity contribution < 1.29 is 9.69 Å². The molecule has 1 saturated heterocycles. The van der Waals surface area contributed by atoms with Crippen LogP contribution >= 0.6 is 0 Å². The summed E-state index contributed by atoms with van der Waals surface area (Å²) in [4.78, 5) is 16.2. The minimum atomic E-state index is 0.0335. The Morgan fingerprint density at radius 2 is 1.75 bits per heavy atom. The molecule has 0 atom stereocenters. The van der Waals surface area contributed by atoms with Gasteiger partial charge in [-0.15, -0.1) is 0 Å². The molecule has 0 unspecified atom stereocenters. The van der Waals surface area contributed by atoms with Gasteiger partial charge in [0.05, 0.1) is 31.7 Å². The number of amides is 1. The first kappa shape index (κ1) is 14.9. The van der Waals surface area contributed by atoms with Gasteiger partial charge >= 0.3 is 0 Å². The number of fused-ring (bicyclic) bond motifs is 1. The number of para-hydroxylation sites is 1. The van der Waals surface area contributed by atoms with Gasteiger partial charge in [-0.25, -0.2) is 0 Å². The molecule has 0 radical (unpaired) electrons. The minimum absolute atomic E-state index is 0.0335. The summed E-state index contributed by atoms with van der Waals surface area (Å²) in [7, 11) is 0. The number of carbonyl (C=O) groups is 1. The maximum atomic E-state index is 12.8. The average molecular weight is 321 g/mol. The third kappa shape index (κ3) is 2.90. The van der Waals surface area contributed by atoms with Crippen molar-refractivity contribution in [1.29, 1.82) is 0 Å². The lowest BCUT2D eigenvalue weighted by atomic mass is 10.1. The van der Waals surface area contributed by atoms with Gasteiger partial charge < -0.3 is 9.80 Å². The van der Waals surface area contributed by atoms with E-state index in [1.165, 1.54) is 10.5 Å². The molecule has 24 heavy (non-hydrogen) atoms. The lowest BCUT2D eigenvalue weighted by Gasteiger charge is -2.32. The highest BCUT2D eigenvalue weighted by Gasteiger charge is 2.26. The molecule has 1 amide bonds. The van der Waals surface area contributed by atoms with Crippen molar-refractivity contribution in [3.63, 3.8) is 0 Å². The summed E-state index contributed by atoms with van der Waals surface area (Å²) in [5.74, 6) is 0.0335. The monoisotopic (exact) mass is 321 g/mol. The fourth-order valence-electron chi connectivity index (χ4n) is 3.36. The third-order valence-electron chi connectivity index (χ3n) is 4.73. The number of H-pyrrole nitrogens is 1. The van der Waals surface area contributed by atoms with E-state index in [1.54, 1.807) is 0 Å². The summed E-state index contributed by atoms with van der Waals surface area (Å²) < 4.78 is 0. The second kappa shape index (κ2) is 6.45. The van der Waals surface area contributed by atoms with E-state index in [1.807, 2.05) is 35.2 Å². The van der Waals surface area contributed by atoms with Gasteiger partial charge in [0.2, 0.25) is 0 Å². The van der Waals surface area contributed by atoms with Crippen LogP contribution in [0.1, 0.15) is 16.1 Å². The van der Waals surface area contributed by atoms with Crippen LogP contribution in [0.3, 0.4) is 0 Å². The van der Waals surface area contributed by atoms with Crippen LogP contribution in [0.25, 0.3) is 10.9 Å². The molecule has 5 heteroatoms. The molecular weight excluding hydrogens is 300 g/mol. The standard InChI is InChI=1S/C19H20N4O/c24-19(18-16-8-4-5-9-17(16)20-21-18)23-12-10-22(11-13-23)14-15-6-2-1-3-7-15/h1-9H,10-14H2,(H,20,21)/p+1. The van der Waals surface area contributed by atoms with Crippen molar-refractivity contribution in [2.75, 3.05) is 26.2 Å². The fraction of sp³-hybridized carbons (Fsp3) is 0.263. The lowest BCUT2D eigenvalue weighted by Crippen LogP contribution is -3.13. The van der Waals surface area contributed by atoms with E-state index in [-0.39, 0.29) is 5.91 Å². The van der Waals surface area contributed by atoms with Crippen LogP contribution in [0.5, 0.6) is 0 Å². The molecule has 0 aliphatic carbocycles. The molecule has 4 rings (SSSR count). The van der Waals surface area contributed by atoms with Crippen molar-refractivity contribution in [3.05, 3.63) is 65.9 Å². The summed E-state index contributed by atoms with van der Waals surface area (Å²) in [5.41, 5.74) is 2.80. The Balaban J connectivity index is 1.41. The number of aromatic amines is 1. The van der Waals surface area contributed by atoms with Crippen LogP contribution in [0.15, 0.2) is 54.6 Å². The summed E-state index contributed by atoms with van der Waals surface area (Å²) >= 11 is 0. The average Bonchev–Trinajstić information content (AvgIpc) is 3.07. The molecule has 2 heterocycles. The van der Waals surface area contributed by atoms with Gasteiger partial charge in [-0.3, -0.25) is 9.89 Å². The van der Waals surface area contributed by atoms with Gasteiger partial charge in [-0.05, 0) is 6.07 Å². The SMILES string of the molecule is O=C(c1n[nH]c2ccccc12)N1CC[NH+](Cc2ccccc2)CC1. The molecule has 1 fully saturated rings. The Labute approximate surface area is 140 Å². The first-order valence-electron chi connectivity index (χ1n) is 8.41. The Morgan fingerprint density at radius 1 is 1.04 bits per heavy atom. The highest BCUT2D eigenvalue weighted by molar-refractivity contribution is 6.04. The molecule has 0 spiro atoms. The number of quaternary nitrogens is 1. The number of aromatic nitrogens is 2. The summed E-state index contributed by atoms with van der Waals surface area (Å²) in [5, 5.41) is 8.09. The van der Waals surface area contributed by atoms with E-state index in [4.69, 9.17) is 0 Å². The smallest absolute Gasteiger partial charge is 0.275 e. The maximum absolute atomic E-state index is 12.8. The first-order chi connectivity index (χ1) is 11.8. The second-order valence-electron chi connectivity index (χ2n) is 6.32.